The molecular weight excluding hydrogens is 378 g/mol. The third-order valence-electron chi connectivity index (χ3n) is 4.76. The summed E-state index contributed by atoms with van der Waals surface area (Å²) in [5.74, 6) is 1.81. The molecule has 0 saturated heterocycles. The summed E-state index contributed by atoms with van der Waals surface area (Å²) in [6.45, 7) is 1.97. The van der Waals surface area contributed by atoms with Crippen LogP contribution in [0.2, 0.25) is 0 Å². The van der Waals surface area contributed by atoms with Gasteiger partial charge in [0.25, 0.3) is 0 Å². The van der Waals surface area contributed by atoms with Crippen LogP contribution in [-0.4, -0.2) is 25.7 Å². The van der Waals surface area contributed by atoms with Gasteiger partial charge in [-0.05, 0) is 49.1 Å². The molecule has 4 rings (SSSR count). The quantitative estimate of drug-likeness (QED) is 0.654. The molecule has 7 nitrogen and oxygen atoms in total. The molecule has 0 bridgehead atoms. The van der Waals surface area contributed by atoms with Crippen molar-refractivity contribution in [3.05, 3.63) is 59.6 Å². The number of hydrogen-bond acceptors (Lipinski definition) is 6. The fourth-order valence-electron chi connectivity index (χ4n) is 3.01. The van der Waals surface area contributed by atoms with E-state index in [2.05, 4.69) is 14.9 Å². The number of methoxy groups -OCH3 is 1. The number of nitrogens with one attached hydrogen (secondary N) is 1. The first-order valence-corrected chi connectivity index (χ1v) is 10.5. The Morgan fingerprint density at radius 2 is 2.04 bits per heavy atom. The number of rotatable bonds is 7. The van der Waals surface area contributed by atoms with Gasteiger partial charge >= 0.3 is 0 Å². The van der Waals surface area contributed by atoms with E-state index in [0.717, 1.165) is 35.3 Å². The zero-order valence-corrected chi connectivity index (χ0v) is 16.5. The highest BCUT2D eigenvalue weighted by Crippen LogP contribution is 2.40. The minimum Gasteiger partial charge on any atom is -0.481 e. The van der Waals surface area contributed by atoms with Crippen LogP contribution in [-0.2, 0) is 16.6 Å². The summed E-state index contributed by atoms with van der Waals surface area (Å²) in [4.78, 5) is 4.41. The van der Waals surface area contributed by atoms with E-state index in [9.17, 15) is 8.42 Å². The van der Waals surface area contributed by atoms with Crippen LogP contribution in [0.25, 0.3) is 11.1 Å². The Labute approximate surface area is 163 Å². The topological polar surface area (TPSA) is 94.3 Å². The number of pyridine rings is 1. The van der Waals surface area contributed by atoms with Gasteiger partial charge in [-0.3, -0.25) is 0 Å². The van der Waals surface area contributed by atoms with Gasteiger partial charge in [-0.15, -0.1) is 0 Å². The normalized spacial score (nSPS) is 14.2. The second-order valence-electron chi connectivity index (χ2n) is 6.89. The number of benzene rings is 1. The van der Waals surface area contributed by atoms with Crippen molar-refractivity contribution in [3.8, 4) is 17.0 Å². The molecule has 0 radical (unpaired) electrons. The molecule has 28 heavy (non-hydrogen) atoms. The van der Waals surface area contributed by atoms with Crippen LogP contribution in [0.15, 0.2) is 52.0 Å². The Hall–Kier alpha value is -2.71. The van der Waals surface area contributed by atoms with E-state index in [4.69, 9.17) is 9.26 Å². The van der Waals surface area contributed by atoms with Gasteiger partial charge in [0, 0.05) is 29.8 Å². The second kappa shape index (κ2) is 7.37. The maximum absolute atomic E-state index is 12.6. The van der Waals surface area contributed by atoms with Crippen LogP contribution >= 0.6 is 0 Å². The molecule has 1 saturated carbocycles. The number of ether oxygens (including phenoxy) is 1. The second-order valence-corrected chi connectivity index (χ2v) is 8.65. The molecule has 0 aliphatic heterocycles. The number of aryl methyl sites for hydroxylation is 1. The zero-order valence-electron chi connectivity index (χ0n) is 15.7. The molecule has 0 amide bonds. The summed E-state index contributed by atoms with van der Waals surface area (Å²) in [7, 11) is -2.09. The SMILES string of the molecule is COc1ccc(-c2ccc(S(=O)(=O)NCc3cc(C4CC4)on3)cc2C)cn1. The van der Waals surface area contributed by atoms with Gasteiger partial charge in [0.1, 0.15) is 5.76 Å². The minimum absolute atomic E-state index is 0.0990. The monoisotopic (exact) mass is 399 g/mol. The Kier molecular flexibility index (Phi) is 4.91. The van der Waals surface area contributed by atoms with E-state index in [1.165, 1.54) is 0 Å². The first kappa shape index (κ1) is 18.6. The van der Waals surface area contributed by atoms with E-state index in [1.54, 1.807) is 37.6 Å². The molecule has 2 heterocycles. The van der Waals surface area contributed by atoms with Crippen molar-refractivity contribution in [2.45, 2.75) is 37.1 Å². The Morgan fingerprint density at radius 1 is 1.21 bits per heavy atom. The summed E-state index contributed by atoms with van der Waals surface area (Å²) in [6.07, 6.45) is 3.92. The average molecular weight is 399 g/mol. The third-order valence-corrected chi connectivity index (χ3v) is 6.16. The largest absolute Gasteiger partial charge is 0.481 e. The molecule has 0 atom stereocenters. The number of sulfonamides is 1. The first-order chi connectivity index (χ1) is 13.5. The third kappa shape index (κ3) is 3.93. The molecule has 8 heteroatoms. The van der Waals surface area contributed by atoms with Crippen molar-refractivity contribution in [2.75, 3.05) is 7.11 Å². The molecule has 1 aliphatic carbocycles. The van der Waals surface area contributed by atoms with Crippen molar-refractivity contribution in [2.24, 2.45) is 0 Å². The first-order valence-electron chi connectivity index (χ1n) is 9.02. The van der Waals surface area contributed by atoms with Crippen molar-refractivity contribution in [1.82, 2.24) is 14.9 Å². The summed E-state index contributed by atoms with van der Waals surface area (Å²) >= 11 is 0. The molecule has 1 aliphatic rings. The van der Waals surface area contributed by atoms with Gasteiger partial charge in [0.15, 0.2) is 0 Å². The maximum atomic E-state index is 12.6. The van der Waals surface area contributed by atoms with Crippen LogP contribution in [0.3, 0.4) is 0 Å². The Bertz CT molecular complexity index is 1090. The van der Waals surface area contributed by atoms with Gasteiger partial charge in [0.2, 0.25) is 15.9 Å². The smallest absolute Gasteiger partial charge is 0.240 e. The van der Waals surface area contributed by atoms with Gasteiger partial charge < -0.3 is 9.26 Å². The maximum Gasteiger partial charge on any atom is 0.240 e. The van der Waals surface area contributed by atoms with Gasteiger partial charge in [-0.25, -0.2) is 18.1 Å². The van der Waals surface area contributed by atoms with E-state index < -0.39 is 10.0 Å². The fraction of sp³-hybridized carbons (Fsp3) is 0.300. The molecule has 2 aromatic heterocycles. The van der Waals surface area contributed by atoms with Crippen LogP contribution in [0, 0.1) is 6.92 Å². The van der Waals surface area contributed by atoms with E-state index in [1.807, 2.05) is 19.1 Å². The minimum atomic E-state index is -3.65. The highest BCUT2D eigenvalue weighted by Gasteiger charge is 2.28. The van der Waals surface area contributed by atoms with Crippen LogP contribution < -0.4 is 9.46 Å². The summed E-state index contributed by atoms with van der Waals surface area (Å²) < 4.78 is 38.2. The highest BCUT2D eigenvalue weighted by molar-refractivity contribution is 7.89. The number of nitrogens with zero attached hydrogens (tertiary/aromatic N) is 2. The molecule has 0 spiro atoms. The van der Waals surface area contributed by atoms with E-state index in [-0.39, 0.29) is 11.4 Å². The highest BCUT2D eigenvalue weighted by atomic mass is 32.2. The van der Waals surface area contributed by atoms with Crippen LogP contribution in [0.4, 0.5) is 0 Å². The van der Waals surface area contributed by atoms with Crippen molar-refractivity contribution >= 4 is 10.0 Å². The zero-order chi connectivity index (χ0) is 19.7. The predicted octanol–water partition coefficient (Wildman–Crippen LogP) is 3.41. The molecule has 3 aromatic rings. The van der Waals surface area contributed by atoms with Crippen LogP contribution in [0.1, 0.15) is 35.8 Å². The number of hydrogen-bond donors (Lipinski definition) is 1. The van der Waals surface area contributed by atoms with Crippen molar-refractivity contribution in [1.29, 1.82) is 0 Å². The summed E-state index contributed by atoms with van der Waals surface area (Å²) in [6, 6.07) is 10.5. The lowest BCUT2D eigenvalue weighted by atomic mass is 10.0. The predicted molar refractivity (Wildman–Crippen MR) is 103 cm³/mol. The molecule has 1 fully saturated rings. The van der Waals surface area contributed by atoms with Gasteiger partial charge in [-0.2, -0.15) is 0 Å². The fourth-order valence-corrected chi connectivity index (χ4v) is 4.10. The molecule has 1 N–H and O–H groups in total. The number of aromatic nitrogens is 2. The lowest BCUT2D eigenvalue weighted by Crippen LogP contribution is -2.23. The van der Waals surface area contributed by atoms with Gasteiger partial charge in [0.05, 0.1) is 24.2 Å². The lowest BCUT2D eigenvalue weighted by Gasteiger charge is -2.10. The van der Waals surface area contributed by atoms with Crippen molar-refractivity contribution in [3.63, 3.8) is 0 Å². The van der Waals surface area contributed by atoms with E-state index in [0.29, 0.717) is 17.5 Å². The van der Waals surface area contributed by atoms with Crippen molar-refractivity contribution < 1.29 is 17.7 Å². The standard InChI is InChI=1S/C20H21N3O4S/c1-13-9-17(6-7-18(13)15-5-8-20(26-2)21-11-15)28(24,25)22-12-16-10-19(27-23-16)14-3-4-14/h5-11,14,22H,3-4,12H2,1-2H3. The average Bonchev–Trinajstić information content (AvgIpc) is 3.44. The molecule has 146 valence electrons. The molecule has 1 aromatic carbocycles. The Morgan fingerprint density at radius 3 is 2.68 bits per heavy atom. The lowest BCUT2D eigenvalue weighted by molar-refractivity contribution is 0.377. The van der Waals surface area contributed by atoms with Gasteiger partial charge in [-0.1, -0.05) is 11.2 Å². The summed E-state index contributed by atoms with van der Waals surface area (Å²) in [5, 5.41) is 3.94. The molecule has 0 unspecified atom stereocenters. The summed E-state index contributed by atoms with van der Waals surface area (Å²) in [5.41, 5.74) is 3.24. The molecular formula is C20H21N3O4S. The van der Waals surface area contributed by atoms with Crippen LogP contribution in [0.5, 0.6) is 5.88 Å². The van der Waals surface area contributed by atoms with E-state index >= 15 is 0 Å². The Balaban J connectivity index is 1.49.